The summed E-state index contributed by atoms with van der Waals surface area (Å²) in [5.74, 6) is 1.43. The van der Waals surface area contributed by atoms with Crippen LogP contribution in [0.2, 0.25) is 5.02 Å². The highest BCUT2D eigenvalue weighted by Gasteiger charge is 2.17. The van der Waals surface area contributed by atoms with Gasteiger partial charge in [0, 0.05) is 23.4 Å². The minimum absolute atomic E-state index is 0.384. The van der Waals surface area contributed by atoms with Gasteiger partial charge in [-0.25, -0.2) is 4.98 Å². The molecule has 20 heavy (non-hydrogen) atoms. The van der Waals surface area contributed by atoms with Crippen LogP contribution in [0.5, 0.6) is 0 Å². The summed E-state index contributed by atoms with van der Waals surface area (Å²) in [6.45, 7) is 4.94. The molecule has 0 saturated carbocycles. The van der Waals surface area contributed by atoms with Crippen LogP contribution in [0.15, 0.2) is 34.2 Å². The minimum Gasteiger partial charge on any atom is -0.330 e. The molecule has 0 bridgehead atoms. The molecule has 0 aliphatic heterocycles. The van der Waals surface area contributed by atoms with Crippen LogP contribution >= 0.6 is 23.4 Å². The molecule has 0 unspecified atom stereocenters. The van der Waals surface area contributed by atoms with Crippen LogP contribution in [0.3, 0.4) is 0 Å². The van der Waals surface area contributed by atoms with Crippen LogP contribution in [0.25, 0.3) is 0 Å². The molecule has 0 fully saturated rings. The Morgan fingerprint density at radius 1 is 1.40 bits per heavy atom. The molecule has 2 aromatic rings. The van der Waals surface area contributed by atoms with E-state index in [1.165, 1.54) is 5.03 Å². The maximum atomic E-state index is 6.06. The number of nitrogens with zero attached hydrogens (tertiary/aromatic N) is 2. The van der Waals surface area contributed by atoms with E-state index in [1.807, 2.05) is 18.2 Å². The molecule has 2 N–H and O–H groups in total. The predicted molar refractivity (Wildman–Crippen MR) is 85.6 cm³/mol. The number of benzene rings is 1. The molecule has 2 rings (SSSR count). The van der Waals surface area contributed by atoms with E-state index < -0.39 is 0 Å². The minimum atomic E-state index is 0.384. The summed E-state index contributed by atoms with van der Waals surface area (Å²) >= 11 is 7.76. The highest BCUT2D eigenvalue weighted by Crippen LogP contribution is 2.35. The summed E-state index contributed by atoms with van der Waals surface area (Å²) in [5, 5.41) is 1.93. The Bertz CT molecular complexity index is 593. The lowest BCUT2D eigenvalue weighted by atomic mass is 10.1. The van der Waals surface area contributed by atoms with Gasteiger partial charge in [0.15, 0.2) is 0 Å². The number of aromatic nitrogens is 2. The largest absolute Gasteiger partial charge is 0.330 e. The first kappa shape index (κ1) is 15.4. The molecule has 1 aromatic heterocycles. The van der Waals surface area contributed by atoms with E-state index in [0.717, 1.165) is 27.9 Å². The van der Waals surface area contributed by atoms with Crippen molar-refractivity contribution in [3.63, 3.8) is 0 Å². The first-order chi connectivity index (χ1) is 9.52. The standard InChI is InChI=1S/C15H20ClN3S/c1-10(2)14-15(19(3)13(18-14)7-8-17)20-12-6-4-5-11(16)9-12/h4-6,9-10H,7-8,17H2,1-3H3. The summed E-state index contributed by atoms with van der Waals surface area (Å²) in [5.41, 5.74) is 6.79. The third-order valence-electron chi connectivity index (χ3n) is 3.09. The molecule has 3 nitrogen and oxygen atoms in total. The van der Waals surface area contributed by atoms with E-state index in [-0.39, 0.29) is 0 Å². The summed E-state index contributed by atoms with van der Waals surface area (Å²) < 4.78 is 2.15. The second-order valence-electron chi connectivity index (χ2n) is 5.03. The van der Waals surface area contributed by atoms with Gasteiger partial charge in [-0.15, -0.1) is 0 Å². The molecular formula is C15H20ClN3S. The van der Waals surface area contributed by atoms with Gasteiger partial charge in [-0.1, -0.05) is 43.3 Å². The third kappa shape index (κ3) is 3.37. The van der Waals surface area contributed by atoms with Gasteiger partial charge in [-0.05, 0) is 30.7 Å². The Morgan fingerprint density at radius 3 is 2.75 bits per heavy atom. The van der Waals surface area contributed by atoms with Gasteiger partial charge < -0.3 is 10.3 Å². The lowest BCUT2D eigenvalue weighted by Gasteiger charge is -2.09. The lowest BCUT2D eigenvalue weighted by molar-refractivity contribution is 0.726. The van der Waals surface area contributed by atoms with Gasteiger partial charge in [0.2, 0.25) is 0 Å². The monoisotopic (exact) mass is 309 g/mol. The second-order valence-corrected chi connectivity index (χ2v) is 6.53. The number of nitrogens with two attached hydrogens (primary N) is 1. The molecule has 0 saturated heterocycles. The van der Waals surface area contributed by atoms with E-state index in [1.54, 1.807) is 11.8 Å². The summed E-state index contributed by atoms with van der Waals surface area (Å²) in [6.07, 6.45) is 0.798. The molecule has 0 amide bonds. The van der Waals surface area contributed by atoms with E-state index >= 15 is 0 Å². The smallest absolute Gasteiger partial charge is 0.110 e. The fourth-order valence-electron chi connectivity index (χ4n) is 2.04. The van der Waals surface area contributed by atoms with Crippen molar-refractivity contribution in [1.82, 2.24) is 9.55 Å². The fourth-order valence-corrected chi connectivity index (χ4v) is 3.48. The fraction of sp³-hybridized carbons (Fsp3) is 0.400. The molecular weight excluding hydrogens is 290 g/mol. The van der Waals surface area contributed by atoms with E-state index in [2.05, 4.69) is 31.5 Å². The SMILES string of the molecule is CC(C)c1nc(CCN)n(C)c1Sc1cccc(Cl)c1. The van der Waals surface area contributed by atoms with E-state index in [4.69, 9.17) is 22.3 Å². The van der Waals surface area contributed by atoms with Gasteiger partial charge in [0.1, 0.15) is 10.9 Å². The van der Waals surface area contributed by atoms with Gasteiger partial charge in [-0.3, -0.25) is 0 Å². The maximum absolute atomic E-state index is 6.06. The van der Waals surface area contributed by atoms with Crippen LogP contribution in [0, 0.1) is 0 Å². The van der Waals surface area contributed by atoms with Crippen LogP contribution in [-0.4, -0.2) is 16.1 Å². The van der Waals surface area contributed by atoms with Gasteiger partial charge in [0.25, 0.3) is 0 Å². The average Bonchev–Trinajstić information content (AvgIpc) is 2.69. The Balaban J connectivity index is 2.39. The highest BCUT2D eigenvalue weighted by atomic mass is 35.5. The molecule has 0 atom stereocenters. The molecule has 1 aromatic carbocycles. The van der Waals surface area contributed by atoms with Gasteiger partial charge in [0.05, 0.1) is 5.69 Å². The Kier molecular flexibility index (Phi) is 5.13. The number of hydrogen-bond donors (Lipinski definition) is 1. The normalized spacial score (nSPS) is 11.3. The predicted octanol–water partition coefficient (Wildman–Crippen LogP) is 3.85. The van der Waals surface area contributed by atoms with Crippen LogP contribution in [0.1, 0.15) is 31.3 Å². The van der Waals surface area contributed by atoms with Crippen molar-refractivity contribution in [2.24, 2.45) is 12.8 Å². The third-order valence-corrected chi connectivity index (χ3v) is 4.49. The molecule has 0 aliphatic rings. The van der Waals surface area contributed by atoms with Crippen molar-refractivity contribution in [1.29, 1.82) is 0 Å². The number of hydrogen-bond acceptors (Lipinski definition) is 3. The zero-order valence-corrected chi connectivity index (χ0v) is 13.6. The van der Waals surface area contributed by atoms with Crippen molar-refractivity contribution in [2.45, 2.75) is 36.1 Å². The number of halogens is 1. The first-order valence-corrected chi connectivity index (χ1v) is 7.91. The molecule has 0 radical (unpaired) electrons. The van der Waals surface area contributed by atoms with Crippen LogP contribution in [-0.2, 0) is 13.5 Å². The van der Waals surface area contributed by atoms with Crippen LogP contribution in [0.4, 0.5) is 0 Å². The Labute approximate surface area is 129 Å². The maximum Gasteiger partial charge on any atom is 0.110 e. The summed E-state index contributed by atoms with van der Waals surface area (Å²) in [7, 11) is 2.05. The van der Waals surface area contributed by atoms with Crippen molar-refractivity contribution < 1.29 is 0 Å². The van der Waals surface area contributed by atoms with Crippen molar-refractivity contribution in [3.8, 4) is 0 Å². The molecule has 0 spiro atoms. The highest BCUT2D eigenvalue weighted by molar-refractivity contribution is 7.99. The van der Waals surface area contributed by atoms with Crippen molar-refractivity contribution >= 4 is 23.4 Å². The summed E-state index contributed by atoms with van der Waals surface area (Å²) in [4.78, 5) is 5.87. The molecule has 0 aliphatic carbocycles. The Morgan fingerprint density at radius 2 is 2.15 bits per heavy atom. The van der Waals surface area contributed by atoms with Crippen LogP contribution < -0.4 is 5.73 Å². The average molecular weight is 310 g/mol. The summed E-state index contributed by atoms with van der Waals surface area (Å²) in [6, 6.07) is 7.90. The van der Waals surface area contributed by atoms with E-state index in [9.17, 15) is 0 Å². The Hall–Kier alpha value is -0.970. The molecule has 1 heterocycles. The zero-order valence-electron chi connectivity index (χ0n) is 12.1. The molecule has 5 heteroatoms. The van der Waals surface area contributed by atoms with E-state index in [0.29, 0.717) is 12.5 Å². The first-order valence-electron chi connectivity index (χ1n) is 6.72. The number of rotatable bonds is 5. The van der Waals surface area contributed by atoms with Gasteiger partial charge >= 0.3 is 0 Å². The quantitative estimate of drug-likeness (QED) is 0.912. The van der Waals surface area contributed by atoms with Gasteiger partial charge in [-0.2, -0.15) is 0 Å². The molecule has 108 valence electrons. The lowest BCUT2D eigenvalue weighted by Crippen LogP contribution is -2.08. The van der Waals surface area contributed by atoms with Crippen molar-refractivity contribution in [2.75, 3.05) is 6.54 Å². The van der Waals surface area contributed by atoms with Crippen molar-refractivity contribution in [3.05, 3.63) is 40.8 Å². The zero-order chi connectivity index (χ0) is 14.7. The second kappa shape index (κ2) is 6.66. The number of imidazole rings is 1. The topological polar surface area (TPSA) is 43.8 Å².